The van der Waals surface area contributed by atoms with E-state index in [1.54, 1.807) is 0 Å². The zero-order valence-electron chi connectivity index (χ0n) is 16.3. The van der Waals surface area contributed by atoms with Crippen LogP contribution in [0.2, 0.25) is 0 Å². The SMILES string of the molecule is CC(C)(C)OC(=O)N1CCC(CN2CC(C)(C)c3ccccc32)CC1. The van der Waals surface area contributed by atoms with Gasteiger partial charge < -0.3 is 14.5 Å². The lowest BCUT2D eigenvalue weighted by molar-refractivity contribution is 0.0186. The van der Waals surface area contributed by atoms with Gasteiger partial charge in [-0.1, -0.05) is 32.0 Å². The number of rotatable bonds is 2. The smallest absolute Gasteiger partial charge is 0.410 e. The molecule has 0 radical (unpaired) electrons. The molecule has 1 amide bonds. The predicted molar refractivity (Wildman–Crippen MR) is 102 cm³/mol. The molecule has 0 saturated carbocycles. The minimum atomic E-state index is -0.418. The third kappa shape index (κ3) is 4.10. The highest BCUT2D eigenvalue weighted by Gasteiger charge is 2.36. The highest BCUT2D eigenvalue weighted by atomic mass is 16.6. The topological polar surface area (TPSA) is 32.8 Å². The number of piperidine rings is 1. The standard InChI is InChI=1S/C21H32N2O2/c1-20(2,3)25-19(24)22-12-10-16(11-13-22)14-23-15-21(4,5)17-8-6-7-9-18(17)23/h6-9,16H,10-15H2,1-5H3. The van der Waals surface area contributed by atoms with Crippen LogP contribution >= 0.6 is 0 Å². The first-order chi connectivity index (χ1) is 11.7. The molecule has 0 atom stereocenters. The Balaban J connectivity index is 1.56. The van der Waals surface area contributed by atoms with Crippen molar-refractivity contribution in [3.05, 3.63) is 29.8 Å². The fourth-order valence-electron chi connectivity index (χ4n) is 4.07. The number of nitrogens with zero attached hydrogens (tertiary/aromatic N) is 2. The number of hydrogen-bond acceptors (Lipinski definition) is 3. The molecule has 0 aliphatic carbocycles. The highest BCUT2D eigenvalue weighted by molar-refractivity contribution is 5.68. The van der Waals surface area contributed by atoms with Crippen LogP contribution in [0.1, 0.15) is 53.0 Å². The number of hydrogen-bond donors (Lipinski definition) is 0. The first-order valence-electron chi connectivity index (χ1n) is 9.48. The average molecular weight is 344 g/mol. The molecule has 138 valence electrons. The van der Waals surface area contributed by atoms with Gasteiger partial charge in [0.25, 0.3) is 0 Å². The van der Waals surface area contributed by atoms with Crippen LogP contribution in [0.25, 0.3) is 0 Å². The van der Waals surface area contributed by atoms with Crippen LogP contribution in [0.4, 0.5) is 10.5 Å². The second-order valence-corrected chi connectivity index (χ2v) is 9.19. The highest BCUT2D eigenvalue weighted by Crippen LogP contribution is 2.40. The Bertz CT molecular complexity index is 625. The van der Waals surface area contributed by atoms with Crippen molar-refractivity contribution in [3.63, 3.8) is 0 Å². The molecule has 2 aliphatic rings. The summed E-state index contributed by atoms with van der Waals surface area (Å²) in [4.78, 5) is 16.6. The average Bonchev–Trinajstić information content (AvgIpc) is 2.78. The molecule has 1 saturated heterocycles. The van der Waals surface area contributed by atoms with Crippen LogP contribution in [0.3, 0.4) is 0 Å². The number of carbonyl (C=O) groups excluding carboxylic acids is 1. The van der Waals surface area contributed by atoms with Crippen LogP contribution in [0.5, 0.6) is 0 Å². The van der Waals surface area contributed by atoms with E-state index in [0.717, 1.165) is 39.0 Å². The maximum absolute atomic E-state index is 12.2. The number of amides is 1. The molecule has 2 heterocycles. The largest absolute Gasteiger partial charge is 0.444 e. The monoisotopic (exact) mass is 344 g/mol. The van der Waals surface area contributed by atoms with Crippen molar-refractivity contribution in [2.24, 2.45) is 5.92 Å². The fraction of sp³-hybridized carbons (Fsp3) is 0.667. The van der Waals surface area contributed by atoms with Gasteiger partial charge in [0.05, 0.1) is 0 Å². The maximum Gasteiger partial charge on any atom is 0.410 e. The number of anilines is 1. The number of carbonyl (C=O) groups is 1. The van der Waals surface area contributed by atoms with Crippen LogP contribution in [0, 0.1) is 5.92 Å². The second-order valence-electron chi connectivity index (χ2n) is 9.19. The van der Waals surface area contributed by atoms with Crippen LogP contribution in [-0.4, -0.2) is 42.8 Å². The van der Waals surface area contributed by atoms with Gasteiger partial charge in [-0.25, -0.2) is 4.79 Å². The summed E-state index contributed by atoms with van der Waals surface area (Å²) in [5.74, 6) is 0.639. The van der Waals surface area contributed by atoms with E-state index in [2.05, 4.69) is 43.0 Å². The van der Waals surface area contributed by atoms with Gasteiger partial charge in [-0.3, -0.25) is 0 Å². The predicted octanol–water partition coefficient (Wildman–Crippen LogP) is 4.43. The van der Waals surface area contributed by atoms with Gasteiger partial charge >= 0.3 is 6.09 Å². The first-order valence-corrected chi connectivity index (χ1v) is 9.48. The Morgan fingerprint density at radius 2 is 1.84 bits per heavy atom. The van der Waals surface area contributed by atoms with Gasteiger partial charge in [0.1, 0.15) is 5.60 Å². The van der Waals surface area contributed by atoms with Gasteiger partial charge in [-0.2, -0.15) is 0 Å². The molecule has 1 aromatic carbocycles. The lowest BCUT2D eigenvalue weighted by atomic mass is 9.87. The third-order valence-electron chi connectivity index (χ3n) is 5.30. The van der Waals surface area contributed by atoms with Gasteiger partial charge in [0, 0.05) is 37.3 Å². The molecule has 0 spiro atoms. The van der Waals surface area contributed by atoms with Crippen molar-refractivity contribution in [3.8, 4) is 0 Å². The summed E-state index contributed by atoms with van der Waals surface area (Å²) in [6.07, 6.45) is 1.94. The van der Waals surface area contributed by atoms with Crippen molar-refractivity contribution in [1.82, 2.24) is 4.90 Å². The summed E-state index contributed by atoms with van der Waals surface area (Å²) in [6, 6.07) is 8.79. The van der Waals surface area contributed by atoms with Crippen LogP contribution < -0.4 is 4.90 Å². The van der Waals surface area contributed by atoms with E-state index in [4.69, 9.17) is 4.74 Å². The molecule has 4 nitrogen and oxygen atoms in total. The molecule has 3 rings (SSSR count). The zero-order valence-corrected chi connectivity index (χ0v) is 16.3. The Kier molecular flexibility index (Phi) is 4.74. The van der Waals surface area contributed by atoms with Gasteiger partial charge in [-0.05, 0) is 51.2 Å². The number of ether oxygens (including phenoxy) is 1. The van der Waals surface area contributed by atoms with E-state index < -0.39 is 5.60 Å². The van der Waals surface area contributed by atoms with Crippen LogP contribution in [-0.2, 0) is 10.2 Å². The molecule has 1 fully saturated rings. The summed E-state index contributed by atoms with van der Waals surface area (Å²) in [5, 5.41) is 0. The second kappa shape index (κ2) is 6.54. The molecule has 2 aliphatic heterocycles. The van der Waals surface area contributed by atoms with Crippen molar-refractivity contribution in [2.45, 2.75) is 58.5 Å². The number of likely N-dealkylation sites (tertiary alicyclic amines) is 1. The van der Waals surface area contributed by atoms with E-state index in [1.165, 1.54) is 11.3 Å². The molecule has 0 N–H and O–H groups in total. The molecular formula is C21H32N2O2. The van der Waals surface area contributed by atoms with E-state index in [0.29, 0.717) is 5.92 Å². The Hall–Kier alpha value is -1.71. The summed E-state index contributed by atoms with van der Waals surface area (Å²) >= 11 is 0. The summed E-state index contributed by atoms with van der Waals surface area (Å²) in [7, 11) is 0. The Morgan fingerprint density at radius 3 is 2.48 bits per heavy atom. The summed E-state index contributed by atoms with van der Waals surface area (Å²) < 4.78 is 5.50. The molecule has 1 aromatic rings. The van der Waals surface area contributed by atoms with Crippen molar-refractivity contribution < 1.29 is 9.53 Å². The Morgan fingerprint density at radius 1 is 1.20 bits per heavy atom. The number of para-hydroxylation sites is 1. The quantitative estimate of drug-likeness (QED) is 0.795. The van der Waals surface area contributed by atoms with Gasteiger partial charge in [0.15, 0.2) is 0 Å². The van der Waals surface area contributed by atoms with Gasteiger partial charge in [-0.15, -0.1) is 0 Å². The van der Waals surface area contributed by atoms with Crippen molar-refractivity contribution in [2.75, 3.05) is 31.1 Å². The molecule has 25 heavy (non-hydrogen) atoms. The minimum absolute atomic E-state index is 0.168. The maximum atomic E-state index is 12.2. The summed E-state index contributed by atoms with van der Waals surface area (Å²) in [5.41, 5.74) is 2.65. The molecule has 4 heteroatoms. The van der Waals surface area contributed by atoms with Crippen molar-refractivity contribution >= 4 is 11.8 Å². The van der Waals surface area contributed by atoms with Gasteiger partial charge in [0.2, 0.25) is 0 Å². The number of benzene rings is 1. The first kappa shape index (κ1) is 18.1. The lowest BCUT2D eigenvalue weighted by Gasteiger charge is -2.35. The molecule has 0 unspecified atom stereocenters. The van der Waals surface area contributed by atoms with E-state index in [-0.39, 0.29) is 11.5 Å². The lowest BCUT2D eigenvalue weighted by Crippen LogP contribution is -2.44. The van der Waals surface area contributed by atoms with E-state index >= 15 is 0 Å². The number of fused-ring (bicyclic) bond motifs is 1. The van der Waals surface area contributed by atoms with Crippen LogP contribution in [0.15, 0.2) is 24.3 Å². The van der Waals surface area contributed by atoms with Crippen molar-refractivity contribution in [1.29, 1.82) is 0 Å². The third-order valence-corrected chi connectivity index (χ3v) is 5.30. The zero-order chi connectivity index (χ0) is 18.2. The molecule has 0 aromatic heterocycles. The Labute approximate surface area is 152 Å². The molecule has 0 bridgehead atoms. The van der Waals surface area contributed by atoms with E-state index in [1.807, 2.05) is 25.7 Å². The summed E-state index contributed by atoms with van der Waals surface area (Å²) in [6.45, 7) is 14.2. The minimum Gasteiger partial charge on any atom is -0.444 e. The normalized spacial score (nSPS) is 20.5. The fourth-order valence-corrected chi connectivity index (χ4v) is 4.07. The molecular weight excluding hydrogens is 312 g/mol. The van der Waals surface area contributed by atoms with E-state index in [9.17, 15) is 4.79 Å².